The number of carbonyl (C=O) groups excluding carboxylic acids is 1. The molecule has 0 fully saturated rings. The second kappa shape index (κ2) is 6.76. The summed E-state index contributed by atoms with van der Waals surface area (Å²) in [5.74, 6) is -0.267. The van der Waals surface area contributed by atoms with Crippen molar-refractivity contribution >= 4 is 21.4 Å². The highest BCUT2D eigenvalue weighted by Crippen LogP contribution is 2.16. The lowest BCUT2D eigenvalue weighted by Gasteiger charge is -2.08. The van der Waals surface area contributed by atoms with Gasteiger partial charge in [-0.25, -0.2) is 13.1 Å². The van der Waals surface area contributed by atoms with E-state index < -0.39 is 9.84 Å². The molecule has 0 spiro atoms. The van der Waals surface area contributed by atoms with Gasteiger partial charge in [-0.3, -0.25) is 4.79 Å². The summed E-state index contributed by atoms with van der Waals surface area (Å²) in [6.07, 6.45) is 1.14. The number of amides is 1. The van der Waals surface area contributed by atoms with Crippen LogP contribution in [0.3, 0.4) is 0 Å². The predicted molar refractivity (Wildman–Crippen MR) is 101 cm³/mol. The van der Waals surface area contributed by atoms with E-state index in [4.69, 9.17) is 0 Å². The molecule has 1 N–H and O–H groups in total. The molecule has 1 heterocycles. The molecule has 26 heavy (non-hydrogen) atoms. The Labute approximate surface area is 152 Å². The van der Waals surface area contributed by atoms with E-state index in [0.717, 1.165) is 23.3 Å². The molecule has 0 radical (unpaired) electrons. The fourth-order valence-corrected chi connectivity index (χ4v) is 3.26. The Morgan fingerprint density at radius 1 is 1.00 bits per heavy atom. The molecule has 0 aliphatic carbocycles. The van der Waals surface area contributed by atoms with Crippen LogP contribution in [-0.2, 0) is 9.84 Å². The zero-order valence-electron chi connectivity index (χ0n) is 14.7. The van der Waals surface area contributed by atoms with Crippen molar-refractivity contribution in [3.63, 3.8) is 0 Å². The number of hydrogen-bond donors (Lipinski definition) is 1. The minimum absolute atomic E-state index is 0.213. The first kappa shape index (κ1) is 17.9. The van der Waals surface area contributed by atoms with E-state index in [1.165, 1.54) is 12.1 Å². The Balaban J connectivity index is 1.75. The molecular formula is C19H19N3O3S. The van der Waals surface area contributed by atoms with Gasteiger partial charge in [-0.15, -0.1) is 0 Å². The predicted octanol–water partition coefficient (Wildman–Crippen LogP) is 3.14. The summed E-state index contributed by atoms with van der Waals surface area (Å²) in [7, 11) is -3.25. The molecule has 134 valence electrons. The van der Waals surface area contributed by atoms with Gasteiger partial charge < -0.3 is 5.32 Å². The fourth-order valence-electron chi connectivity index (χ4n) is 2.63. The number of nitrogens with one attached hydrogen (secondary N) is 1. The highest BCUT2D eigenvalue weighted by atomic mass is 32.2. The number of aromatic nitrogens is 2. The van der Waals surface area contributed by atoms with Gasteiger partial charge in [0.25, 0.3) is 5.91 Å². The van der Waals surface area contributed by atoms with Crippen LogP contribution in [0.5, 0.6) is 0 Å². The van der Waals surface area contributed by atoms with Crippen molar-refractivity contribution in [2.45, 2.75) is 18.7 Å². The van der Waals surface area contributed by atoms with E-state index in [-0.39, 0.29) is 10.8 Å². The van der Waals surface area contributed by atoms with E-state index >= 15 is 0 Å². The van der Waals surface area contributed by atoms with Crippen LogP contribution in [0.15, 0.2) is 59.5 Å². The highest BCUT2D eigenvalue weighted by molar-refractivity contribution is 7.90. The molecule has 1 aromatic heterocycles. The molecule has 0 unspecified atom stereocenters. The molecule has 0 bridgehead atoms. The van der Waals surface area contributed by atoms with Gasteiger partial charge in [-0.05, 0) is 68.4 Å². The van der Waals surface area contributed by atoms with Crippen molar-refractivity contribution in [1.82, 2.24) is 9.78 Å². The number of sulfone groups is 1. The Morgan fingerprint density at radius 2 is 1.62 bits per heavy atom. The molecule has 0 aliphatic heterocycles. The topological polar surface area (TPSA) is 81.1 Å². The fraction of sp³-hybridized carbons (Fsp3) is 0.158. The summed E-state index contributed by atoms with van der Waals surface area (Å²) in [5, 5.41) is 7.17. The van der Waals surface area contributed by atoms with Gasteiger partial charge in [-0.1, -0.05) is 0 Å². The monoisotopic (exact) mass is 369 g/mol. The quantitative estimate of drug-likeness (QED) is 0.766. The number of anilines is 1. The largest absolute Gasteiger partial charge is 0.322 e. The highest BCUT2D eigenvalue weighted by Gasteiger charge is 2.10. The Kier molecular flexibility index (Phi) is 4.65. The van der Waals surface area contributed by atoms with Crippen LogP contribution in [0.1, 0.15) is 21.7 Å². The summed E-state index contributed by atoms with van der Waals surface area (Å²) in [5.41, 5.74) is 3.87. The van der Waals surface area contributed by atoms with Crippen LogP contribution in [0.4, 0.5) is 5.69 Å². The van der Waals surface area contributed by atoms with Gasteiger partial charge in [-0.2, -0.15) is 5.10 Å². The zero-order chi connectivity index (χ0) is 18.9. The SMILES string of the molecule is Cc1cc(C)n(-c2ccc(C(=O)Nc3ccc(S(C)(=O)=O)cc3)cc2)n1. The van der Waals surface area contributed by atoms with Gasteiger partial charge in [0, 0.05) is 23.2 Å². The van der Waals surface area contributed by atoms with Gasteiger partial charge in [0.15, 0.2) is 9.84 Å². The molecule has 3 aromatic rings. The zero-order valence-corrected chi connectivity index (χ0v) is 15.5. The lowest BCUT2D eigenvalue weighted by atomic mass is 10.2. The maximum absolute atomic E-state index is 12.4. The molecule has 0 saturated heterocycles. The van der Waals surface area contributed by atoms with Crippen LogP contribution in [-0.4, -0.2) is 30.4 Å². The minimum Gasteiger partial charge on any atom is -0.322 e. The molecule has 1 amide bonds. The first-order valence-corrected chi connectivity index (χ1v) is 9.88. The minimum atomic E-state index is -3.25. The molecule has 0 aliphatic rings. The first-order chi connectivity index (χ1) is 12.2. The Hall–Kier alpha value is -2.93. The van der Waals surface area contributed by atoms with Crippen molar-refractivity contribution in [3.05, 3.63) is 71.5 Å². The second-order valence-electron chi connectivity index (χ2n) is 6.14. The van der Waals surface area contributed by atoms with Gasteiger partial charge in [0.1, 0.15) is 0 Å². The maximum Gasteiger partial charge on any atom is 0.255 e. The average molecular weight is 369 g/mol. The van der Waals surface area contributed by atoms with Crippen LogP contribution in [0, 0.1) is 13.8 Å². The van der Waals surface area contributed by atoms with Crippen LogP contribution >= 0.6 is 0 Å². The van der Waals surface area contributed by atoms with Gasteiger partial charge in [0.2, 0.25) is 0 Å². The van der Waals surface area contributed by atoms with Crippen molar-refractivity contribution in [1.29, 1.82) is 0 Å². The van der Waals surface area contributed by atoms with Crippen molar-refractivity contribution in [2.24, 2.45) is 0 Å². The number of nitrogens with zero attached hydrogens (tertiary/aromatic N) is 2. The van der Waals surface area contributed by atoms with Crippen molar-refractivity contribution in [3.8, 4) is 5.69 Å². The van der Waals surface area contributed by atoms with Crippen molar-refractivity contribution in [2.75, 3.05) is 11.6 Å². The van der Waals surface area contributed by atoms with E-state index in [1.807, 2.05) is 36.7 Å². The van der Waals surface area contributed by atoms with Crippen LogP contribution < -0.4 is 5.32 Å². The van der Waals surface area contributed by atoms with Crippen LogP contribution in [0.2, 0.25) is 0 Å². The number of aryl methyl sites for hydroxylation is 2. The summed E-state index contributed by atoms with van der Waals surface area (Å²) < 4.78 is 24.8. The third-order valence-corrected chi connectivity index (χ3v) is 5.05. The van der Waals surface area contributed by atoms with E-state index in [2.05, 4.69) is 10.4 Å². The number of hydrogen-bond acceptors (Lipinski definition) is 4. The summed E-state index contributed by atoms with van der Waals surface area (Å²) in [6.45, 7) is 3.90. The molecule has 6 nitrogen and oxygen atoms in total. The number of rotatable bonds is 4. The standard InChI is InChI=1S/C19H19N3O3S/c1-13-12-14(2)22(21-13)17-8-4-15(5-9-17)19(23)20-16-6-10-18(11-7-16)26(3,24)25/h4-12H,1-3H3,(H,20,23). The van der Waals surface area contributed by atoms with Crippen LogP contribution in [0.25, 0.3) is 5.69 Å². The third-order valence-electron chi connectivity index (χ3n) is 3.92. The number of carbonyl (C=O) groups is 1. The second-order valence-corrected chi connectivity index (χ2v) is 8.15. The molecule has 7 heteroatoms. The molecule has 0 atom stereocenters. The van der Waals surface area contributed by atoms with Gasteiger partial charge >= 0.3 is 0 Å². The van der Waals surface area contributed by atoms with Gasteiger partial charge in [0.05, 0.1) is 16.3 Å². The van der Waals surface area contributed by atoms with E-state index in [1.54, 1.807) is 24.3 Å². The smallest absolute Gasteiger partial charge is 0.255 e. The maximum atomic E-state index is 12.4. The molecule has 3 rings (SSSR count). The number of benzene rings is 2. The van der Waals surface area contributed by atoms with Crippen molar-refractivity contribution < 1.29 is 13.2 Å². The lowest BCUT2D eigenvalue weighted by Crippen LogP contribution is -2.12. The molecule has 0 saturated carbocycles. The summed E-state index contributed by atoms with van der Waals surface area (Å²) in [6, 6.07) is 15.2. The first-order valence-electron chi connectivity index (χ1n) is 7.99. The summed E-state index contributed by atoms with van der Waals surface area (Å²) in [4.78, 5) is 12.6. The Morgan fingerprint density at radius 3 is 2.12 bits per heavy atom. The third kappa shape index (κ3) is 3.83. The Bertz CT molecular complexity index is 1050. The van der Waals surface area contributed by atoms with E-state index in [0.29, 0.717) is 11.3 Å². The van der Waals surface area contributed by atoms with E-state index in [9.17, 15) is 13.2 Å². The molecule has 2 aromatic carbocycles. The normalized spacial score (nSPS) is 11.3. The summed E-state index contributed by atoms with van der Waals surface area (Å²) >= 11 is 0. The average Bonchev–Trinajstić information content (AvgIpc) is 2.93. The lowest BCUT2D eigenvalue weighted by molar-refractivity contribution is 0.102. The molecular weight excluding hydrogens is 350 g/mol.